The van der Waals surface area contributed by atoms with Crippen LogP contribution >= 0.6 is 0 Å². The summed E-state index contributed by atoms with van der Waals surface area (Å²) in [5, 5.41) is 7.46. The number of nitrogens with two attached hydrogens (primary N) is 1. The molecule has 0 radical (unpaired) electrons. The zero-order valence-corrected chi connectivity index (χ0v) is 11.9. The number of hydrogen-bond acceptors (Lipinski definition) is 4. The first-order valence-corrected chi connectivity index (χ1v) is 7.73. The largest absolute Gasteiger partial charge is 0.386 e. The van der Waals surface area contributed by atoms with Gasteiger partial charge in [-0.2, -0.15) is 4.72 Å². The Morgan fingerprint density at radius 1 is 1.68 bits per heavy atom. The standard InChI is InChI=1S/C11H19N5O2S/c1-3-16-6-9(14-7(16)2)19(17,18)15-10(11(12)13)8-4-5-8/h6,8,10,15H,3-5H2,1-2H3,(H3,12,13). The maximum absolute atomic E-state index is 12.2. The zero-order chi connectivity index (χ0) is 14.2. The zero-order valence-electron chi connectivity index (χ0n) is 11.0. The highest BCUT2D eigenvalue weighted by Gasteiger charge is 2.37. The highest BCUT2D eigenvalue weighted by Crippen LogP contribution is 2.33. The summed E-state index contributed by atoms with van der Waals surface area (Å²) in [4.78, 5) is 4.05. The molecule has 0 spiro atoms. The van der Waals surface area contributed by atoms with E-state index in [1.807, 2.05) is 6.92 Å². The number of amidine groups is 1. The van der Waals surface area contributed by atoms with Crippen LogP contribution < -0.4 is 10.5 Å². The summed E-state index contributed by atoms with van der Waals surface area (Å²) in [6, 6.07) is -0.614. The lowest BCUT2D eigenvalue weighted by Crippen LogP contribution is -2.45. The van der Waals surface area contributed by atoms with Gasteiger partial charge in [0.25, 0.3) is 10.0 Å². The summed E-state index contributed by atoms with van der Waals surface area (Å²) in [5.41, 5.74) is 5.45. The molecule has 106 valence electrons. The lowest BCUT2D eigenvalue weighted by atomic mass is 10.2. The van der Waals surface area contributed by atoms with E-state index in [0.717, 1.165) is 12.8 Å². The van der Waals surface area contributed by atoms with Crippen LogP contribution in [0.15, 0.2) is 11.2 Å². The number of aromatic nitrogens is 2. The molecule has 1 aromatic rings. The first kappa shape index (κ1) is 14.0. The van der Waals surface area contributed by atoms with Gasteiger partial charge in [-0.05, 0) is 32.6 Å². The second-order valence-electron chi connectivity index (χ2n) is 4.80. The number of rotatable bonds is 6. The summed E-state index contributed by atoms with van der Waals surface area (Å²) in [6.07, 6.45) is 3.30. The Morgan fingerprint density at radius 3 is 2.74 bits per heavy atom. The van der Waals surface area contributed by atoms with Crippen LogP contribution in [-0.2, 0) is 16.6 Å². The van der Waals surface area contributed by atoms with Crippen molar-refractivity contribution in [1.82, 2.24) is 14.3 Å². The fourth-order valence-electron chi connectivity index (χ4n) is 2.00. The molecule has 1 fully saturated rings. The summed E-state index contributed by atoms with van der Waals surface area (Å²) in [7, 11) is -3.72. The Morgan fingerprint density at radius 2 is 2.32 bits per heavy atom. The normalized spacial score (nSPS) is 17.4. The van der Waals surface area contributed by atoms with Crippen molar-refractivity contribution >= 4 is 15.9 Å². The molecule has 1 saturated carbocycles. The quantitative estimate of drug-likeness (QED) is 0.512. The average molecular weight is 285 g/mol. The molecule has 1 aliphatic rings. The molecule has 1 aliphatic carbocycles. The molecule has 0 amide bonds. The third kappa shape index (κ3) is 2.95. The molecule has 0 bridgehead atoms. The Labute approximate surface area is 112 Å². The fraction of sp³-hybridized carbons (Fsp3) is 0.636. The minimum absolute atomic E-state index is 0.0150. The fourth-order valence-corrected chi connectivity index (χ4v) is 3.29. The van der Waals surface area contributed by atoms with Gasteiger partial charge in [-0.15, -0.1) is 0 Å². The Bertz CT molecular complexity index is 588. The third-order valence-electron chi connectivity index (χ3n) is 3.28. The van der Waals surface area contributed by atoms with E-state index >= 15 is 0 Å². The molecule has 0 aliphatic heterocycles. The van der Waals surface area contributed by atoms with Gasteiger partial charge in [0.15, 0.2) is 5.03 Å². The van der Waals surface area contributed by atoms with Crippen LogP contribution in [0.4, 0.5) is 0 Å². The van der Waals surface area contributed by atoms with Crippen molar-refractivity contribution in [2.24, 2.45) is 11.7 Å². The van der Waals surface area contributed by atoms with Gasteiger partial charge < -0.3 is 10.3 Å². The van der Waals surface area contributed by atoms with Gasteiger partial charge in [0.2, 0.25) is 0 Å². The van der Waals surface area contributed by atoms with Crippen molar-refractivity contribution in [3.8, 4) is 0 Å². The Hall–Kier alpha value is -1.41. The predicted molar refractivity (Wildman–Crippen MR) is 71.4 cm³/mol. The maximum atomic E-state index is 12.2. The molecular formula is C11H19N5O2S. The van der Waals surface area contributed by atoms with Crippen LogP contribution in [0.3, 0.4) is 0 Å². The Balaban J connectivity index is 2.23. The van der Waals surface area contributed by atoms with Crippen molar-refractivity contribution in [3.05, 3.63) is 12.0 Å². The maximum Gasteiger partial charge on any atom is 0.260 e. The molecule has 19 heavy (non-hydrogen) atoms. The van der Waals surface area contributed by atoms with Gasteiger partial charge in [0, 0.05) is 12.7 Å². The summed E-state index contributed by atoms with van der Waals surface area (Å²) >= 11 is 0. The van der Waals surface area contributed by atoms with Crippen LogP contribution in [-0.4, -0.2) is 29.8 Å². The monoisotopic (exact) mass is 285 g/mol. The van der Waals surface area contributed by atoms with Crippen LogP contribution in [0.25, 0.3) is 0 Å². The van der Waals surface area contributed by atoms with Crippen molar-refractivity contribution in [2.75, 3.05) is 0 Å². The van der Waals surface area contributed by atoms with Gasteiger partial charge in [-0.1, -0.05) is 0 Å². The van der Waals surface area contributed by atoms with Crippen LogP contribution in [0.1, 0.15) is 25.6 Å². The van der Waals surface area contributed by atoms with Crippen LogP contribution in [0.5, 0.6) is 0 Å². The molecule has 7 nitrogen and oxygen atoms in total. The highest BCUT2D eigenvalue weighted by atomic mass is 32.2. The van der Waals surface area contributed by atoms with E-state index in [4.69, 9.17) is 11.1 Å². The molecule has 2 rings (SSSR count). The summed E-state index contributed by atoms with van der Waals surface area (Å²) in [6.45, 7) is 4.33. The van der Waals surface area contributed by atoms with Crippen molar-refractivity contribution < 1.29 is 8.42 Å². The van der Waals surface area contributed by atoms with E-state index in [-0.39, 0.29) is 16.8 Å². The number of imidazole rings is 1. The summed E-state index contributed by atoms with van der Waals surface area (Å²) < 4.78 is 28.7. The molecule has 1 heterocycles. The predicted octanol–water partition coefficient (Wildman–Crippen LogP) is 0.204. The first-order valence-electron chi connectivity index (χ1n) is 6.25. The third-order valence-corrected chi connectivity index (χ3v) is 4.59. The van der Waals surface area contributed by atoms with E-state index in [1.54, 1.807) is 11.5 Å². The van der Waals surface area contributed by atoms with Gasteiger partial charge in [-0.3, -0.25) is 5.41 Å². The van der Waals surface area contributed by atoms with Gasteiger partial charge in [0.05, 0.1) is 6.04 Å². The molecule has 4 N–H and O–H groups in total. The molecule has 1 atom stereocenters. The molecule has 1 unspecified atom stereocenters. The number of nitrogens with zero attached hydrogens (tertiary/aromatic N) is 2. The first-order chi connectivity index (χ1) is 8.85. The molecule has 8 heteroatoms. The van der Waals surface area contributed by atoms with Crippen molar-refractivity contribution in [2.45, 2.75) is 44.3 Å². The van der Waals surface area contributed by atoms with Crippen LogP contribution in [0.2, 0.25) is 0 Å². The molecule has 0 saturated heterocycles. The van der Waals surface area contributed by atoms with Crippen LogP contribution in [0, 0.1) is 18.3 Å². The van der Waals surface area contributed by atoms with Gasteiger partial charge in [-0.25, -0.2) is 13.4 Å². The van der Waals surface area contributed by atoms with Gasteiger partial charge in [0.1, 0.15) is 11.7 Å². The van der Waals surface area contributed by atoms with E-state index in [0.29, 0.717) is 12.4 Å². The molecular weight excluding hydrogens is 266 g/mol. The van der Waals surface area contributed by atoms with E-state index in [9.17, 15) is 8.42 Å². The number of hydrogen-bond donors (Lipinski definition) is 3. The number of nitrogens with one attached hydrogen (secondary N) is 2. The van der Waals surface area contributed by atoms with E-state index in [1.165, 1.54) is 6.20 Å². The summed E-state index contributed by atoms with van der Waals surface area (Å²) in [5.74, 6) is 0.646. The lowest BCUT2D eigenvalue weighted by Gasteiger charge is -2.15. The second kappa shape index (κ2) is 4.93. The smallest absolute Gasteiger partial charge is 0.260 e. The highest BCUT2D eigenvalue weighted by molar-refractivity contribution is 7.89. The number of aryl methyl sites for hydroxylation is 2. The molecule has 1 aromatic heterocycles. The Kier molecular flexibility index (Phi) is 3.64. The van der Waals surface area contributed by atoms with Crippen molar-refractivity contribution in [1.29, 1.82) is 5.41 Å². The van der Waals surface area contributed by atoms with E-state index in [2.05, 4.69) is 9.71 Å². The SMILES string of the molecule is CCn1cc(S(=O)(=O)NC(C(=N)N)C2CC2)nc1C. The molecule has 0 aromatic carbocycles. The van der Waals surface area contributed by atoms with E-state index < -0.39 is 16.1 Å². The van der Waals surface area contributed by atoms with Gasteiger partial charge >= 0.3 is 0 Å². The average Bonchev–Trinajstić information content (AvgIpc) is 3.08. The second-order valence-corrected chi connectivity index (χ2v) is 6.46. The lowest BCUT2D eigenvalue weighted by molar-refractivity contribution is 0.559. The van der Waals surface area contributed by atoms with Crippen molar-refractivity contribution in [3.63, 3.8) is 0 Å². The number of sulfonamides is 1. The minimum Gasteiger partial charge on any atom is -0.386 e. The topological polar surface area (TPSA) is 114 Å². The minimum atomic E-state index is -3.72.